The molecule has 0 saturated heterocycles. The Kier molecular flexibility index (Phi) is 2.94. The van der Waals surface area contributed by atoms with Gasteiger partial charge in [0.2, 0.25) is 5.82 Å². The van der Waals surface area contributed by atoms with E-state index in [1.54, 1.807) is 18.5 Å². The molecular formula is C16H11ClN4O. The Bertz CT molecular complexity index is 973. The van der Waals surface area contributed by atoms with Crippen LogP contribution in [0.5, 0.6) is 0 Å². The maximum Gasteiger partial charge on any atom is 0.258 e. The van der Waals surface area contributed by atoms with Crippen molar-refractivity contribution in [3.8, 4) is 22.8 Å². The fraction of sp³-hybridized carbons (Fsp3) is 0.0625. The van der Waals surface area contributed by atoms with Crippen LogP contribution in [-0.4, -0.2) is 19.7 Å². The van der Waals surface area contributed by atoms with Gasteiger partial charge in [0, 0.05) is 23.2 Å². The van der Waals surface area contributed by atoms with Crippen LogP contribution in [0.1, 0.15) is 0 Å². The molecule has 0 unspecified atom stereocenters. The number of aromatic nitrogens is 4. The second-order valence-electron chi connectivity index (χ2n) is 4.99. The van der Waals surface area contributed by atoms with Crippen molar-refractivity contribution in [2.45, 2.75) is 0 Å². The number of aryl methyl sites for hydroxylation is 1. The monoisotopic (exact) mass is 310 g/mol. The maximum atomic E-state index is 5.99. The van der Waals surface area contributed by atoms with Crippen molar-refractivity contribution in [3.05, 3.63) is 53.8 Å². The van der Waals surface area contributed by atoms with Gasteiger partial charge in [0.1, 0.15) is 0 Å². The van der Waals surface area contributed by atoms with Gasteiger partial charge in [-0.25, -0.2) is 4.98 Å². The number of rotatable bonds is 2. The van der Waals surface area contributed by atoms with Crippen molar-refractivity contribution in [2.75, 3.05) is 0 Å². The summed E-state index contributed by atoms with van der Waals surface area (Å²) in [5.74, 6) is 0.987. The molecule has 4 rings (SSSR count). The first kappa shape index (κ1) is 13.0. The zero-order valence-corrected chi connectivity index (χ0v) is 12.4. The van der Waals surface area contributed by atoms with Gasteiger partial charge in [-0.2, -0.15) is 4.98 Å². The molecule has 6 heteroatoms. The Morgan fingerprint density at radius 2 is 2.00 bits per heavy atom. The largest absolute Gasteiger partial charge is 0.334 e. The molecule has 0 saturated carbocycles. The third kappa shape index (κ3) is 2.16. The average Bonchev–Trinajstić information content (AvgIpc) is 3.15. The molecule has 2 aromatic carbocycles. The van der Waals surface area contributed by atoms with Gasteiger partial charge in [-0.15, -0.1) is 0 Å². The summed E-state index contributed by atoms with van der Waals surface area (Å²) in [6.07, 6.45) is 1.78. The number of nitrogens with zero attached hydrogens (tertiary/aromatic N) is 4. The van der Waals surface area contributed by atoms with Gasteiger partial charge in [0.15, 0.2) is 0 Å². The Hall–Kier alpha value is -2.66. The minimum atomic E-state index is 0.447. The van der Waals surface area contributed by atoms with Crippen molar-refractivity contribution >= 4 is 22.6 Å². The molecule has 108 valence electrons. The van der Waals surface area contributed by atoms with Gasteiger partial charge in [0.05, 0.1) is 17.4 Å². The summed E-state index contributed by atoms with van der Waals surface area (Å²) in [4.78, 5) is 8.75. The number of hydrogen-bond acceptors (Lipinski definition) is 4. The highest BCUT2D eigenvalue weighted by Gasteiger charge is 2.12. The topological polar surface area (TPSA) is 56.7 Å². The Labute approximate surface area is 131 Å². The van der Waals surface area contributed by atoms with Crippen LogP contribution in [0.15, 0.2) is 53.3 Å². The van der Waals surface area contributed by atoms with Crippen LogP contribution in [0.4, 0.5) is 0 Å². The lowest BCUT2D eigenvalue weighted by molar-refractivity contribution is 0.432. The third-order valence-electron chi connectivity index (χ3n) is 3.48. The van der Waals surface area contributed by atoms with Crippen molar-refractivity contribution in [1.82, 2.24) is 19.7 Å². The predicted molar refractivity (Wildman–Crippen MR) is 84.5 cm³/mol. The highest BCUT2D eigenvalue weighted by molar-refractivity contribution is 6.30. The molecule has 0 spiro atoms. The normalized spacial score (nSPS) is 11.2. The molecule has 2 heterocycles. The first-order valence-electron chi connectivity index (χ1n) is 6.72. The first-order valence-corrected chi connectivity index (χ1v) is 7.09. The highest BCUT2D eigenvalue weighted by atomic mass is 35.5. The van der Waals surface area contributed by atoms with Gasteiger partial charge in [-0.05, 0) is 36.4 Å². The summed E-state index contributed by atoms with van der Waals surface area (Å²) >= 11 is 5.99. The van der Waals surface area contributed by atoms with E-state index in [1.807, 2.05) is 41.9 Å². The van der Waals surface area contributed by atoms with Crippen molar-refractivity contribution in [1.29, 1.82) is 0 Å². The fourth-order valence-electron chi connectivity index (χ4n) is 2.34. The molecule has 0 amide bonds. The van der Waals surface area contributed by atoms with Gasteiger partial charge >= 0.3 is 0 Å². The average molecular weight is 311 g/mol. The quantitative estimate of drug-likeness (QED) is 0.562. The van der Waals surface area contributed by atoms with E-state index in [0.717, 1.165) is 22.2 Å². The Morgan fingerprint density at radius 3 is 2.86 bits per heavy atom. The summed E-state index contributed by atoms with van der Waals surface area (Å²) < 4.78 is 7.30. The SMILES string of the molecule is Cn1cnc2ccc(-c3noc(-c4cccc(Cl)c4)n3)cc21. The minimum Gasteiger partial charge on any atom is -0.334 e. The molecule has 0 fully saturated rings. The highest BCUT2D eigenvalue weighted by Crippen LogP contribution is 2.26. The Morgan fingerprint density at radius 1 is 1.09 bits per heavy atom. The predicted octanol–water partition coefficient (Wildman–Crippen LogP) is 3.94. The first-order chi connectivity index (χ1) is 10.7. The molecule has 0 radical (unpaired) electrons. The van der Waals surface area contributed by atoms with E-state index in [-0.39, 0.29) is 0 Å². The van der Waals surface area contributed by atoms with E-state index in [0.29, 0.717) is 16.7 Å². The Balaban J connectivity index is 1.77. The number of halogens is 1. The van der Waals surface area contributed by atoms with Crippen molar-refractivity contribution in [2.24, 2.45) is 7.05 Å². The van der Waals surface area contributed by atoms with Crippen LogP contribution >= 0.6 is 11.6 Å². The molecule has 22 heavy (non-hydrogen) atoms. The molecular weight excluding hydrogens is 300 g/mol. The van der Waals surface area contributed by atoms with E-state index in [2.05, 4.69) is 15.1 Å². The lowest BCUT2D eigenvalue weighted by Gasteiger charge is -1.97. The molecule has 0 bridgehead atoms. The van der Waals surface area contributed by atoms with Gasteiger partial charge < -0.3 is 9.09 Å². The smallest absolute Gasteiger partial charge is 0.258 e. The molecule has 0 N–H and O–H groups in total. The van der Waals surface area contributed by atoms with E-state index >= 15 is 0 Å². The molecule has 2 aromatic heterocycles. The fourth-order valence-corrected chi connectivity index (χ4v) is 2.53. The summed E-state index contributed by atoms with van der Waals surface area (Å²) in [5.41, 5.74) is 3.64. The molecule has 0 aliphatic heterocycles. The van der Waals surface area contributed by atoms with E-state index in [4.69, 9.17) is 16.1 Å². The standard InChI is InChI=1S/C16H11ClN4O/c1-21-9-18-13-6-5-10(8-14(13)21)15-19-16(22-20-15)11-3-2-4-12(17)7-11/h2-9H,1H3. The molecule has 0 aliphatic carbocycles. The van der Waals surface area contributed by atoms with Crippen LogP contribution < -0.4 is 0 Å². The molecule has 5 nitrogen and oxygen atoms in total. The number of imidazole rings is 1. The zero-order chi connectivity index (χ0) is 15.1. The van der Waals surface area contributed by atoms with Gasteiger partial charge in [-0.1, -0.05) is 22.8 Å². The van der Waals surface area contributed by atoms with Crippen LogP contribution in [0.25, 0.3) is 33.9 Å². The summed E-state index contributed by atoms with van der Waals surface area (Å²) in [7, 11) is 1.95. The van der Waals surface area contributed by atoms with Crippen LogP contribution in [0.3, 0.4) is 0 Å². The van der Waals surface area contributed by atoms with Crippen molar-refractivity contribution < 1.29 is 4.52 Å². The van der Waals surface area contributed by atoms with Crippen LogP contribution in [0.2, 0.25) is 5.02 Å². The summed E-state index contributed by atoms with van der Waals surface area (Å²) in [6, 6.07) is 13.2. The van der Waals surface area contributed by atoms with Crippen LogP contribution in [-0.2, 0) is 7.05 Å². The van der Waals surface area contributed by atoms with Crippen LogP contribution in [0, 0.1) is 0 Å². The second-order valence-corrected chi connectivity index (χ2v) is 5.43. The second kappa shape index (κ2) is 4.96. The van der Waals surface area contributed by atoms with E-state index in [1.165, 1.54) is 0 Å². The molecule has 0 atom stereocenters. The minimum absolute atomic E-state index is 0.447. The number of benzene rings is 2. The van der Waals surface area contributed by atoms with Gasteiger partial charge in [-0.3, -0.25) is 0 Å². The van der Waals surface area contributed by atoms with Gasteiger partial charge in [0.25, 0.3) is 5.89 Å². The zero-order valence-electron chi connectivity index (χ0n) is 11.7. The molecule has 4 aromatic rings. The van der Waals surface area contributed by atoms with Crippen molar-refractivity contribution in [3.63, 3.8) is 0 Å². The lowest BCUT2D eigenvalue weighted by Crippen LogP contribution is -1.86. The molecule has 0 aliphatic rings. The number of fused-ring (bicyclic) bond motifs is 1. The summed E-state index contributed by atoms with van der Waals surface area (Å²) in [5, 5.41) is 4.69. The number of hydrogen-bond donors (Lipinski definition) is 0. The maximum absolute atomic E-state index is 5.99. The van der Waals surface area contributed by atoms with E-state index in [9.17, 15) is 0 Å². The van der Waals surface area contributed by atoms with E-state index < -0.39 is 0 Å². The summed E-state index contributed by atoms with van der Waals surface area (Å²) in [6.45, 7) is 0. The third-order valence-corrected chi connectivity index (χ3v) is 3.72. The lowest BCUT2D eigenvalue weighted by atomic mass is 10.2.